The minimum absolute atomic E-state index is 0.0293. The molecule has 1 aromatic heterocycles. The van der Waals surface area contributed by atoms with Gasteiger partial charge in [0.2, 0.25) is 5.91 Å². The first-order chi connectivity index (χ1) is 11.5. The quantitative estimate of drug-likeness (QED) is 0.638. The number of hydrazine groups is 1. The summed E-state index contributed by atoms with van der Waals surface area (Å²) in [4.78, 5) is 27.0. The molecule has 2 aromatic carbocycles. The van der Waals surface area contributed by atoms with E-state index in [1.807, 2.05) is 24.3 Å². The number of carbonyl (C=O) groups excluding carboxylic acids is 2. The predicted molar refractivity (Wildman–Crippen MR) is 89.0 cm³/mol. The van der Waals surface area contributed by atoms with Crippen LogP contribution in [0.4, 0.5) is 4.39 Å². The van der Waals surface area contributed by atoms with E-state index >= 15 is 0 Å². The van der Waals surface area contributed by atoms with Crippen LogP contribution in [0.3, 0.4) is 0 Å². The molecule has 0 aliphatic rings. The minimum Gasteiger partial charge on any atom is -0.361 e. The van der Waals surface area contributed by atoms with Crippen LogP contribution >= 0.6 is 11.6 Å². The lowest BCUT2D eigenvalue weighted by Gasteiger charge is -2.08. The average Bonchev–Trinajstić information content (AvgIpc) is 2.96. The van der Waals surface area contributed by atoms with Crippen LogP contribution in [0.5, 0.6) is 0 Å². The summed E-state index contributed by atoms with van der Waals surface area (Å²) in [5.74, 6) is -1.54. The fourth-order valence-electron chi connectivity index (χ4n) is 2.36. The molecule has 2 amide bonds. The predicted octanol–water partition coefficient (Wildman–Crippen LogP) is 2.96. The Balaban J connectivity index is 1.62. The summed E-state index contributed by atoms with van der Waals surface area (Å²) in [6, 6.07) is 11.0. The summed E-state index contributed by atoms with van der Waals surface area (Å²) in [7, 11) is 0. The highest BCUT2D eigenvalue weighted by Crippen LogP contribution is 2.18. The van der Waals surface area contributed by atoms with Crippen molar-refractivity contribution in [3.05, 3.63) is 70.6 Å². The fourth-order valence-corrected chi connectivity index (χ4v) is 2.62. The molecule has 3 rings (SSSR count). The van der Waals surface area contributed by atoms with Crippen LogP contribution in [0, 0.1) is 5.82 Å². The van der Waals surface area contributed by atoms with Gasteiger partial charge in [0.1, 0.15) is 5.82 Å². The monoisotopic (exact) mass is 345 g/mol. The summed E-state index contributed by atoms with van der Waals surface area (Å²) in [5, 5.41) is 0.916. The van der Waals surface area contributed by atoms with Gasteiger partial charge < -0.3 is 4.98 Å². The van der Waals surface area contributed by atoms with Crippen LogP contribution in [0.1, 0.15) is 15.9 Å². The smallest absolute Gasteiger partial charge is 0.271 e. The fraction of sp³-hybridized carbons (Fsp3) is 0.0588. The second-order valence-corrected chi connectivity index (χ2v) is 5.57. The number of para-hydroxylation sites is 1. The number of H-pyrrole nitrogens is 1. The molecule has 0 aliphatic carbocycles. The van der Waals surface area contributed by atoms with Crippen LogP contribution in [-0.4, -0.2) is 16.8 Å². The average molecular weight is 346 g/mol. The van der Waals surface area contributed by atoms with Gasteiger partial charge in [0.05, 0.1) is 17.0 Å². The Morgan fingerprint density at radius 1 is 1.12 bits per heavy atom. The molecule has 0 unspecified atom stereocenters. The molecule has 0 fully saturated rings. The number of aromatic amines is 1. The van der Waals surface area contributed by atoms with E-state index < -0.39 is 11.7 Å². The second kappa shape index (κ2) is 6.72. The van der Waals surface area contributed by atoms with Crippen molar-refractivity contribution in [1.82, 2.24) is 15.8 Å². The first kappa shape index (κ1) is 16.0. The van der Waals surface area contributed by atoms with Crippen LogP contribution in [0.2, 0.25) is 5.02 Å². The first-order valence-corrected chi connectivity index (χ1v) is 7.51. The standard InChI is InChI=1S/C17H13ClFN3O2/c18-14-8-11(19)5-6-13(14)17(24)22-21-16(23)7-10-9-20-15-4-2-1-3-12(10)15/h1-6,8-9,20H,7H2,(H,21,23)(H,22,24). The molecule has 0 atom stereocenters. The van der Waals surface area contributed by atoms with Crippen LogP contribution in [0.15, 0.2) is 48.7 Å². The van der Waals surface area contributed by atoms with Crippen molar-refractivity contribution in [2.45, 2.75) is 6.42 Å². The van der Waals surface area contributed by atoms with E-state index in [-0.39, 0.29) is 22.9 Å². The summed E-state index contributed by atoms with van der Waals surface area (Å²) in [5.41, 5.74) is 6.41. The summed E-state index contributed by atoms with van der Waals surface area (Å²) < 4.78 is 13.0. The van der Waals surface area contributed by atoms with E-state index in [1.54, 1.807) is 6.20 Å². The number of halogens is 2. The molecule has 24 heavy (non-hydrogen) atoms. The highest BCUT2D eigenvalue weighted by molar-refractivity contribution is 6.33. The molecule has 3 N–H and O–H groups in total. The molecule has 3 aromatic rings. The van der Waals surface area contributed by atoms with Crippen LogP contribution in [-0.2, 0) is 11.2 Å². The lowest BCUT2D eigenvalue weighted by atomic mass is 10.1. The number of rotatable bonds is 3. The molecule has 0 spiro atoms. The number of fused-ring (bicyclic) bond motifs is 1. The Hall–Kier alpha value is -2.86. The normalized spacial score (nSPS) is 10.6. The number of aromatic nitrogens is 1. The third-order valence-corrected chi connectivity index (χ3v) is 3.83. The van der Waals surface area contributed by atoms with Gasteiger partial charge in [-0.15, -0.1) is 0 Å². The maximum atomic E-state index is 13.0. The third-order valence-electron chi connectivity index (χ3n) is 3.52. The molecule has 1 heterocycles. The topological polar surface area (TPSA) is 74.0 Å². The van der Waals surface area contributed by atoms with Gasteiger partial charge in [0, 0.05) is 17.1 Å². The zero-order valence-electron chi connectivity index (χ0n) is 12.4. The number of hydrogen-bond donors (Lipinski definition) is 3. The maximum absolute atomic E-state index is 13.0. The Kier molecular flexibility index (Phi) is 4.48. The molecule has 0 saturated carbocycles. The van der Waals surface area contributed by atoms with Gasteiger partial charge in [0.15, 0.2) is 0 Å². The van der Waals surface area contributed by atoms with Gasteiger partial charge in [-0.1, -0.05) is 29.8 Å². The van der Waals surface area contributed by atoms with Crippen molar-refractivity contribution in [3.63, 3.8) is 0 Å². The van der Waals surface area contributed by atoms with Crippen molar-refractivity contribution in [2.75, 3.05) is 0 Å². The minimum atomic E-state index is -0.618. The van der Waals surface area contributed by atoms with Gasteiger partial charge in [0.25, 0.3) is 5.91 Å². The molecular formula is C17H13ClFN3O2. The molecule has 0 saturated heterocycles. The molecule has 0 radical (unpaired) electrons. The second-order valence-electron chi connectivity index (χ2n) is 5.16. The Bertz CT molecular complexity index is 923. The Morgan fingerprint density at radius 3 is 2.71 bits per heavy atom. The summed E-state index contributed by atoms with van der Waals surface area (Å²) >= 11 is 5.80. The summed E-state index contributed by atoms with van der Waals surface area (Å²) in [6.07, 6.45) is 1.85. The molecular weight excluding hydrogens is 333 g/mol. The van der Waals surface area contributed by atoms with E-state index in [9.17, 15) is 14.0 Å². The zero-order valence-corrected chi connectivity index (χ0v) is 13.2. The van der Waals surface area contributed by atoms with Gasteiger partial charge in [-0.25, -0.2) is 4.39 Å². The highest BCUT2D eigenvalue weighted by Gasteiger charge is 2.13. The van der Waals surface area contributed by atoms with Crippen molar-refractivity contribution >= 4 is 34.3 Å². The maximum Gasteiger partial charge on any atom is 0.271 e. The van der Waals surface area contributed by atoms with Gasteiger partial charge >= 0.3 is 0 Å². The van der Waals surface area contributed by atoms with Crippen LogP contribution < -0.4 is 10.9 Å². The third kappa shape index (κ3) is 3.38. The SMILES string of the molecule is O=C(Cc1c[nH]c2ccccc12)NNC(=O)c1ccc(F)cc1Cl. The van der Waals surface area contributed by atoms with Crippen molar-refractivity contribution in [3.8, 4) is 0 Å². The largest absolute Gasteiger partial charge is 0.361 e. The lowest BCUT2D eigenvalue weighted by molar-refractivity contribution is -0.121. The van der Waals surface area contributed by atoms with Crippen molar-refractivity contribution < 1.29 is 14.0 Å². The van der Waals surface area contributed by atoms with E-state index in [2.05, 4.69) is 15.8 Å². The molecule has 0 bridgehead atoms. The lowest BCUT2D eigenvalue weighted by Crippen LogP contribution is -2.42. The van der Waals surface area contributed by atoms with Gasteiger partial charge in [-0.3, -0.25) is 20.4 Å². The van der Waals surface area contributed by atoms with Crippen LogP contribution in [0.25, 0.3) is 10.9 Å². The van der Waals surface area contributed by atoms with Gasteiger partial charge in [-0.2, -0.15) is 0 Å². The molecule has 122 valence electrons. The van der Waals surface area contributed by atoms with Crippen molar-refractivity contribution in [1.29, 1.82) is 0 Å². The summed E-state index contributed by atoms with van der Waals surface area (Å²) in [6.45, 7) is 0. The number of benzene rings is 2. The van der Waals surface area contributed by atoms with E-state index in [1.165, 1.54) is 6.07 Å². The molecule has 0 aliphatic heterocycles. The highest BCUT2D eigenvalue weighted by atomic mass is 35.5. The Morgan fingerprint density at radius 2 is 1.92 bits per heavy atom. The van der Waals surface area contributed by atoms with Crippen molar-refractivity contribution in [2.24, 2.45) is 0 Å². The van der Waals surface area contributed by atoms with E-state index in [4.69, 9.17) is 11.6 Å². The number of nitrogens with one attached hydrogen (secondary N) is 3. The van der Waals surface area contributed by atoms with Gasteiger partial charge in [-0.05, 0) is 29.8 Å². The number of carbonyl (C=O) groups is 2. The van der Waals surface area contributed by atoms with E-state index in [0.717, 1.165) is 28.6 Å². The molecule has 7 heteroatoms. The molecule has 5 nitrogen and oxygen atoms in total. The first-order valence-electron chi connectivity index (χ1n) is 7.14. The number of amides is 2. The number of hydrogen-bond acceptors (Lipinski definition) is 2. The Labute approximate surface area is 141 Å². The zero-order chi connectivity index (χ0) is 17.1. The van der Waals surface area contributed by atoms with E-state index in [0.29, 0.717) is 0 Å².